The highest BCUT2D eigenvalue weighted by molar-refractivity contribution is 5.77. The average molecular weight is 278 g/mol. The van der Waals surface area contributed by atoms with Crippen molar-refractivity contribution in [3.8, 4) is 0 Å². The van der Waals surface area contributed by atoms with Gasteiger partial charge in [-0.3, -0.25) is 9.59 Å². The predicted molar refractivity (Wildman–Crippen MR) is 77.3 cm³/mol. The Kier molecular flexibility index (Phi) is 8.07. The maximum absolute atomic E-state index is 11.5. The molecule has 0 saturated carbocycles. The summed E-state index contributed by atoms with van der Waals surface area (Å²) >= 11 is 0. The van der Waals surface area contributed by atoms with Crippen molar-refractivity contribution < 1.29 is 14.7 Å². The molecule has 5 nitrogen and oxygen atoms in total. The molecule has 0 heterocycles. The molecule has 1 rings (SSSR count). The molecule has 0 radical (unpaired) electrons. The topological polar surface area (TPSA) is 78.4 Å². The molecular formula is C15H22N2O3. The van der Waals surface area contributed by atoms with E-state index in [0.717, 1.165) is 24.9 Å². The summed E-state index contributed by atoms with van der Waals surface area (Å²) in [5, 5.41) is 14.4. The van der Waals surface area contributed by atoms with Gasteiger partial charge in [-0.1, -0.05) is 36.8 Å². The van der Waals surface area contributed by atoms with Gasteiger partial charge >= 0.3 is 5.97 Å². The monoisotopic (exact) mass is 278 g/mol. The number of carbonyl (C=O) groups is 2. The molecule has 1 aromatic carbocycles. The van der Waals surface area contributed by atoms with Crippen LogP contribution >= 0.6 is 0 Å². The second kappa shape index (κ2) is 9.97. The molecule has 0 aliphatic heterocycles. The lowest BCUT2D eigenvalue weighted by molar-refractivity contribution is -0.137. The summed E-state index contributed by atoms with van der Waals surface area (Å²) < 4.78 is 0. The first-order chi connectivity index (χ1) is 9.68. The minimum Gasteiger partial charge on any atom is -0.481 e. The van der Waals surface area contributed by atoms with Crippen molar-refractivity contribution in [2.75, 3.05) is 13.1 Å². The minimum absolute atomic E-state index is 0.0283. The highest BCUT2D eigenvalue weighted by Crippen LogP contribution is 1.98. The van der Waals surface area contributed by atoms with Crippen LogP contribution < -0.4 is 10.6 Å². The predicted octanol–water partition coefficient (Wildman–Crippen LogP) is 1.54. The summed E-state index contributed by atoms with van der Waals surface area (Å²) in [6.07, 6.45) is 2.67. The molecule has 0 aromatic heterocycles. The van der Waals surface area contributed by atoms with Crippen LogP contribution in [0.25, 0.3) is 0 Å². The van der Waals surface area contributed by atoms with E-state index in [2.05, 4.69) is 10.6 Å². The highest BCUT2D eigenvalue weighted by atomic mass is 16.4. The molecule has 0 unspecified atom stereocenters. The molecule has 3 N–H and O–H groups in total. The zero-order valence-electron chi connectivity index (χ0n) is 11.6. The van der Waals surface area contributed by atoms with Gasteiger partial charge in [-0.05, 0) is 24.9 Å². The van der Waals surface area contributed by atoms with Crippen LogP contribution in [0, 0.1) is 0 Å². The van der Waals surface area contributed by atoms with E-state index in [1.807, 2.05) is 30.3 Å². The number of carbonyl (C=O) groups excluding carboxylic acids is 1. The van der Waals surface area contributed by atoms with Crippen molar-refractivity contribution in [1.82, 2.24) is 10.6 Å². The third kappa shape index (κ3) is 8.26. The van der Waals surface area contributed by atoms with Gasteiger partial charge in [0.2, 0.25) is 5.91 Å². The van der Waals surface area contributed by atoms with Crippen molar-refractivity contribution in [3.63, 3.8) is 0 Å². The van der Waals surface area contributed by atoms with E-state index in [-0.39, 0.29) is 12.3 Å². The number of unbranched alkanes of at least 4 members (excludes halogenated alkanes) is 2. The Bertz CT molecular complexity index is 407. The lowest BCUT2D eigenvalue weighted by Gasteiger charge is -2.06. The summed E-state index contributed by atoms with van der Waals surface area (Å²) in [5.41, 5.74) is 1.08. The van der Waals surface area contributed by atoms with E-state index in [4.69, 9.17) is 5.11 Å². The maximum Gasteiger partial charge on any atom is 0.303 e. The first-order valence-electron chi connectivity index (χ1n) is 6.91. The van der Waals surface area contributed by atoms with Crippen molar-refractivity contribution in [3.05, 3.63) is 35.9 Å². The first kappa shape index (κ1) is 16.2. The standard InChI is InChI=1S/C15H22N2O3/c18-14(17-11-13-7-3-1-4-8-13)12-16-10-6-2-5-9-15(19)20/h1,3-4,7-8,16H,2,5-6,9-12H2,(H,17,18)(H,19,20). The number of hydrogen-bond acceptors (Lipinski definition) is 3. The largest absolute Gasteiger partial charge is 0.481 e. The fourth-order valence-electron chi connectivity index (χ4n) is 1.76. The highest BCUT2D eigenvalue weighted by Gasteiger charge is 2.00. The zero-order chi connectivity index (χ0) is 14.6. The quantitative estimate of drug-likeness (QED) is 0.567. The molecule has 20 heavy (non-hydrogen) atoms. The fourth-order valence-corrected chi connectivity index (χ4v) is 1.76. The fraction of sp³-hybridized carbons (Fsp3) is 0.467. The number of nitrogens with one attached hydrogen (secondary N) is 2. The van der Waals surface area contributed by atoms with Gasteiger partial charge in [-0.2, -0.15) is 0 Å². The van der Waals surface area contributed by atoms with E-state index in [1.54, 1.807) is 0 Å². The van der Waals surface area contributed by atoms with Gasteiger partial charge in [0.25, 0.3) is 0 Å². The molecule has 0 saturated heterocycles. The molecule has 0 aliphatic carbocycles. The number of benzene rings is 1. The van der Waals surface area contributed by atoms with Crippen LogP contribution in [0.1, 0.15) is 31.2 Å². The number of carboxylic acid groups (broad SMARTS) is 1. The summed E-state index contributed by atoms with van der Waals surface area (Å²) in [4.78, 5) is 21.8. The molecule has 0 fully saturated rings. The number of aliphatic carboxylic acids is 1. The molecule has 1 amide bonds. The van der Waals surface area contributed by atoms with Gasteiger partial charge in [-0.25, -0.2) is 0 Å². The van der Waals surface area contributed by atoms with E-state index in [0.29, 0.717) is 19.5 Å². The van der Waals surface area contributed by atoms with Gasteiger partial charge in [0.05, 0.1) is 6.54 Å². The molecule has 0 bridgehead atoms. The lowest BCUT2D eigenvalue weighted by Crippen LogP contribution is -2.33. The van der Waals surface area contributed by atoms with Gasteiger partial charge in [0, 0.05) is 13.0 Å². The molecule has 0 atom stereocenters. The molecule has 110 valence electrons. The van der Waals surface area contributed by atoms with Crippen LogP contribution in [0.3, 0.4) is 0 Å². The maximum atomic E-state index is 11.5. The van der Waals surface area contributed by atoms with E-state index in [1.165, 1.54) is 0 Å². The number of amides is 1. The van der Waals surface area contributed by atoms with Crippen LogP contribution in [-0.2, 0) is 16.1 Å². The van der Waals surface area contributed by atoms with Crippen molar-refractivity contribution in [2.24, 2.45) is 0 Å². The third-order valence-electron chi connectivity index (χ3n) is 2.86. The Balaban J connectivity index is 1.96. The second-order valence-electron chi connectivity index (χ2n) is 4.64. The molecular weight excluding hydrogens is 256 g/mol. The molecule has 5 heteroatoms. The number of carboxylic acids is 1. The Morgan fingerprint density at radius 1 is 1.05 bits per heavy atom. The molecule has 0 spiro atoms. The first-order valence-corrected chi connectivity index (χ1v) is 6.91. The average Bonchev–Trinajstić information content (AvgIpc) is 2.45. The van der Waals surface area contributed by atoms with Gasteiger partial charge in [0.15, 0.2) is 0 Å². The Morgan fingerprint density at radius 2 is 1.80 bits per heavy atom. The second-order valence-corrected chi connectivity index (χ2v) is 4.64. The van der Waals surface area contributed by atoms with Crippen LogP contribution in [-0.4, -0.2) is 30.1 Å². The van der Waals surface area contributed by atoms with Crippen molar-refractivity contribution in [1.29, 1.82) is 0 Å². The van der Waals surface area contributed by atoms with Crippen molar-refractivity contribution >= 4 is 11.9 Å². The Hall–Kier alpha value is -1.88. The smallest absolute Gasteiger partial charge is 0.303 e. The summed E-state index contributed by atoms with van der Waals surface area (Å²) in [5.74, 6) is -0.780. The summed E-state index contributed by atoms with van der Waals surface area (Å²) in [6, 6.07) is 9.76. The minimum atomic E-state index is -0.752. The normalized spacial score (nSPS) is 10.2. The molecule has 0 aliphatic rings. The van der Waals surface area contributed by atoms with Crippen molar-refractivity contribution in [2.45, 2.75) is 32.2 Å². The number of hydrogen-bond donors (Lipinski definition) is 3. The summed E-state index contributed by atoms with van der Waals surface area (Å²) in [7, 11) is 0. The zero-order valence-corrected chi connectivity index (χ0v) is 11.6. The van der Waals surface area contributed by atoms with E-state index < -0.39 is 5.97 Å². The van der Waals surface area contributed by atoms with Crippen LogP contribution in [0.5, 0.6) is 0 Å². The third-order valence-corrected chi connectivity index (χ3v) is 2.86. The van der Waals surface area contributed by atoms with Crippen LogP contribution in [0.2, 0.25) is 0 Å². The lowest BCUT2D eigenvalue weighted by atomic mass is 10.2. The van der Waals surface area contributed by atoms with Gasteiger partial charge in [-0.15, -0.1) is 0 Å². The Morgan fingerprint density at radius 3 is 2.50 bits per heavy atom. The van der Waals surface area contributed by atoms with Crippen LogP contribution in [0.4, 0.5) is 0 Å². The van der Waals surface area contributed by atoms with Gasteiger partial charge in [0.1, 0.15) is 0 Å². The molecule has 1 aromatic rings. The SMILES string of the molecule is O=C(O)CCCCCNCC(=O)NCc1ccccc1. The Labute approximate surface area is 119 Å². The number of rotatable bonds is 10. The van der Waals surface area contributed by atoms with Gasteiger partial charge < -0.3 is 15.7 Å². The van der Waals surface area contributed by atoms with E-state index in [9.17, 15) is 9.59 Å². The summed E-state index contributed by atoms with van der Waals surface area (Å²) in [6.45, 7) is 1.57. The van der Waals surface area contributed by atoms with Crippen LogP contribution in [0.15, 0.2) is 30.3 Å². The van der Waals surface area contributed by atoms with E-state index >= 15 is 0 Å².